The van der Waals surface area contributed by atoms with Crippen LogP contribution in [0.1, 0.15) is 49.3 Å². The van der Waals surface area contributed by atoms with Crippen LogP contribution in [0.4, 0.5) is 5.69 Å². The summed E-state index contributed by atoms with van der Waals surface area (Å²) in [7, 11) is 0. The molecule has 1 aliphatic heterocycles. The Bertz CT molecular complexity index is 868. The van der Waals surface area contributed by atoms with Crippen molar-refractivity contribution in [2.75, 3.05) is 11.4 Å². The van der Waals surface area contributed by atoms with Gasteiger partial charge in [-0.3, -0.25) is 0 Å². The van der Waals surface area contributed by atoms with E-state index in [0.717, 1.165) is 37.1 Å². The molecular weight excluding hydrogens is 328 g/mol. The number of nitrogens with zero attached hydrogens (tertiary/aromatic N) is 2. The van der Waals surface area contributed by atoms with Gasteiger partial charge in [-0.2, -0.15) is 5.26 Å². The third kappa shape index (κ3) is 4.31. The van der Waals surface area contributed by atoms with Crippen molar-refractivity contribution in [2.45, 2.75) is 39.0 Å². The first kappa shape index (κ1) is 19.0. The van der Waals surface area contributed by atoms with E-state index in [1.165, 1.54) is 16.8 Å². The predicted octanol–water partition coefficient (Wildman–Crippen LogP) is 6.32. The van der Waals surface area contributed by atoms with Gasteiger partial charge in [-0.05, 0) is 54.0 Å². The molecule has 1 atom stereocenters. The lowest BCUT2D eigenvalue weighted by molar-refractivity contribution is 0.583. The minimum Gasteiger partial charge on any atom is -0.345 e. The van der Waals surface area contributed by atoms with Gasteiger partial charge in [0.2, 0.25) is 0 Å². The first-order valence-electron chi connectivity index (χ1n) is 9.74. The fourth-order valence-electron chi connectivity index (χ4n) is 3.76. The Morgan fingerprint density at radius 2 is 1.96 bits per heavy atom. The Kier molecular flexibility index (Phi) is 5.81. The van der Waals surface area contributed by atoms with E-state index in [1.54, 1.807) is 0 Å². The highest BCUT2D eigenvalue weighted by Gasteiger charge is 2.27. The van der Waals surface area contributed by atoms with E-state index in [-0.39, 0.29) is 0 Å². The van der Waals surface area contributed by atoms with Crippen LogP contribution >= 0.6 is 0 Å². The Labute approximate surface area is 163 Å². The van der Waals surface area contributed by atoms with E-state index < -0.39 is 0 Å². The van der Waals surface area contributed by atoms with E-state index in [2.05, 4.69) is 68.3 Å². The van der Waals surface area contributed by atoms with Gasteiger partial charge in [0.15, 0.2) is 0 Å². The molecule has 0 amide bonds. The molecular formula is C25H28N2. The van der Waals surface area contributed by atoms with Gasteiger partial charge in [0.1, 0.15) is 0 Å². The van der Waals surface area contributed by atoms with E-state index in [4.69, 9.17) is 5.26 Å². The van der Waals surface area contributed by atoms with Crippen molar-refractivity contribution in [2.24, 2.45) is 5.92 Å². The predicted molar refractivity (Wildman–Crippen MR) is 115 cm³/mol. The topological polar surface area (TPSA) is 27.0 Å². The number of hydrogen-bond donors (Lipinski definition) is 0. The standard InChI is InChI=1S/C25H28N2/c1-18(2)22-11-8-21(9-12-22)10-13-23-14-15-27(20(23)4)25-7-5-6-24(16-25)19(3)17-26/h5-9,11-12,16,18,23H,3-4,10,13-15H2,1-2H3. The SMILES string of the molecule is C=C(C#N)c1cccc(N2CCC(CCc3ccc(C(C)C)cc3)C2=C)c1. The van der Waals surface area contributed by atoms with Gasteiger partial charge >= 0.3 is 0 Å². The van der Waals surface area contributed by atoms with Gasteiger partial charge < -0.3 is 4.90 Å². The first-order valence-corrected chi connectivity index (χ1v) is 9.74. The third-order valence-corrected chi connectivity index (χ3v) is 5.59. The monoisotopic (exact) mass is 356 g/mol. The second-order valence-electron chi connectivity index (χ2n) is 7.70. The van der Waals surface area contributed by atoms with Crippen LogP contribution in [-0.4, -0.2) is 6.54 Å². The normalized spacial score (nSPS) is 16.6. The number of allylic oxidation sites excluding steroid dienone is 2. The number of aryl methyl sites for hydroxylation is 1. The maximum Gasteiger partial charge on any atom is 0.0991 e. The van der Waals surface area contributed by atoms with Crippen LogP contribution in [0.2, 0.25) is 0 Å². The summed E-state index contributed by atoms with van der Waals surface area (Å²) < 4.78 is 0. The van der Waals surface area contributed by atoms with Crippen LogP contribution in [0, 0.1) is 17.2 Å². The number of anilines is 1. The molecule has 1 fully saturated rings. The summed E-state index contributed by atoms with van der Waals surface area (Å²) in [6.45, 7) is 13.6. The van der Waals surface area contributed by atoms with Gasteiger partial charge in [0.25, 0.3) is 0 Å². The van der Waals surface area contributed by atoms with Crippen LogP contribution in [0.25, 0.3) is 5.57 Å². The van der Waals surface area contributed by atoms with Gasteiger partial charge in [0.05, 0.1) is 11.6 Å². The Morgan fingerprint density at radius 1 is 1.22 bits per heavy atom. The van der Waals surface area contributed by atoms with Crippen LogP contribution in [0.3, 0.4) is 0 Å². The molecule has 138 valence electrons. The molecule has 0 saturated carbocycles. The fourth-order valence-corrected chi connectivity index (χ4v) is 3.76. The summed E-state index contributed by atoms with van der Waals surface area (Å²) in [4.78, 5) is 2.29. The molecule has 0 bridgehead atoms. The quantitative estimate of drug-likeness (QED) is 0.566. The van der Waals surface area contributed by atoms with Crippen LogP contribution in [-0.2, 0) is 6.42 Å². The molecule has 0 aromatic heterocycles. The van der Waals surface area contributed by atoms with Crippen LogP contribution in [0.5, 0.6) is 0 Å². The summed E-state index contributed by atoms with van der Waals surface area (Å²) in [5.41, 5.74) is 6.48. The van der Waals surface area contributed by atoms with Crippen molar-refractivity contribution in [3.8, 4) is 6.07 Å². The zero-order valence-corrected chi connectivity index (χ0v) is 16.4. The third-order valence-electron chi connectivity index (χ3n) is 5.59. The average molecular weight is 357 g/mol. The summed E-state index contributed by atoms with van der Waals surface area (Å²) >= 11 is 0. The molecule has 1 aliphatic rings. The molecule has 2 heteroatoms. The summed E-state index contributed by atoms with van der Waals surface area (Å²) in [5.74, 6) is 1.09. The van der Waals surface area contributed by atoms with E-state index in [0.29, 0.717) is 17.4 Å². The maximum atomic E-state index is 9.08. The van der Waals surface area contributed by atoms with Crippen LogP contribution < -0.4 is 4.90 Å². The molecule has 1 unspecified atom stereocenters. The van der Waals surface area contributed by atoms with E-state index in [9.17, 15) is 0 Å². The second kappa shape index (κ2) is 8.27. The molecule has 1 saturated heterocycles. The molecule has 1 heterocycles. The van der Waals surface area contributed by atoms with Crippen molar-refractivity contribution >= 4 is 11.3 Å². The Morgan fingerprint density at radius 3 is 2.63 bits per heavy atom. The Balaban J connectivity index is 1.63. The molecule has 0 radical (unpaired) electrons. The Hall–Kier alpha value is -2.79. The second-order valence-corrected chi connectivity index (χ2v) is 7.70. The molecule has 2 aromatic rings. The molecule has 2 nitrogen and oxygen atoms in total. The molecule has 2 aromatic carbocycles. The zero-order valence-electron chi connectivity index (χ0n) is 16.4. The number of rotatable bonds is 6. The molecule has 0 N–H and O–H groups in total. The van der Waals surface area contributed by atoms with Crippen LogP contribution in [0.15, 0.2) is 67.4 Å². The van der Waals surface area contributed by atoms with Crippen molar-refractivity contribution < 1.29 is 0 Å². The number of benzene rings is 2. The van der Waals surface area contributed by atoms with Crippen molar-refractivity contribution in [3.05, 3.63) is 84.1 Å². The molecule has 0 spiro atoms. The smallest absolute Gasteiger partial charge is 0.0991 e. The van der Waals surface area contributed by atoms with Crippen molar-refractivity contribution in [3.63, 3.8) is 0 Å². The first-order chi connectivity index (χ1) is 13.0. The average Bonchev–Trinajstić information content (AvgIpc) is 3.06. The minimum atomic E-state index is 0.503. The largest absolute Gasteiger partial charge is 0.345 e. The highest BCUT2D eigenvalue weighted by atomic mass is 15.2. The highest BCUT2D eigenvalue weighted by molar-refractivity contribution is 5.77. The number of hydrogen-bond acceptors (Lipinski definition) is 2. The zero-order chi connectivity index (χ0) is 19.4. The van der Waals surface area contributed by atoms with Gasteiger partial charge in [-0.15, -0.1) is 0 Å². The van der Waals surface area contributed by atoms with Crippen molar-refractivity contribution in [1.82, 2.24) is 0 Å². The number of nitriles is 1. The summed E-state index contributed by atoms with van der Waals surface area (Å²) in [6.07, 6.45) is 3.34. The summed E-state index contributed by atoms with van der Waals surface area (Å²) in [6, 6.07) is 19.2. The lowest BCUT2D eigenvalue weighted by Gasteiger charge is -2.22. The minimum absolute atomic E-state index is 0.503. The van der Waals surface area contributed by atoms with E-state index in [1.807, 2.05) is 18.2 Å². The lowest BCUT2D eigenvalue weighted by Crippen LogP contribution is -2.17. The van der Waals surface area contributed by atoms with Gasteiger partial charge in [-0.25, -0.2) is 0 Å². The summed E-state index contributed by atoms with van der Waals surface area (Å²) in [5, 5.41) is 9.08. The molecule has 27 heavy (non-hydrogen) atoms. The van der Waals surface area contributed by atoms with Gasteiger partial charge in [0, 0.05) is 23.8 Å². The van der Waals surface area contributed by atoms with Gasteiger partial charge in [-0.1, -0.05) is 63.4 Å². The molecule has 0 aliphatic carbocycles. The van der Waals surface area contributed by atoms with E-state index >= 15 is 0 Å². The fraction of sp³-hybridized carbons (Fsp3) is 0.320. The van der Waals surface area contributed by atoms with Crippen molar-refractivity contribution in [1.29, 1.82) is 5.26 Å². The highest BCUT2D eigenvalue weighted by Crippen LogP contribution is 2.35. The maximum absolute atomic E-state index is 9.08. The lowest BCUT2D eigenvalue weighted by atomic mass is 9.95. The molecule has 3 rings (SSSR count).